The van der Waals surface area contributed by atoms with Gasteiger partial charge in [0.15, 0.2) is 5.82 Å². The van der Waals surface area contributed by atoms with Crippen molar-refractivity contribution >= 4 is 22.3 Å². The first-order valence-electron chi connectivity index (χ1n) is 8.36. The van der Waals surface area contributed by atoms with Crippen molar-refractivity contribution in [3.8, 4) is 0 Å². The van der Waals surface area contributed by atoms with Crippen molar-refractivity contribution < 1.29 is 0 Å². The summed E-state index contributed by atoms with van der Waals surface area (Å²) in [6, 6.07) is 12.2. The molecule has 0 aliphatic rings. The van der Waals surface area contributed by atoms with Gasteiger partial charge in [0.2, 0.25) is 5.13 Å². The van der Waals surface area contributed by atoms with Crippen LogP contribution in [0, 0.1) is 6.92 Å². The summed E-state index contributed by atoms with van der Waals surface area (Å²) >= 11 is 1.51. The zero-order chi connectivity index (χ0) is 17.9. The molecule has 0 fully saturated rings. The first kappa shape index (κ1) is 16.5. The summed E-state index contributed by atoms with van der Waals surface area (Å²) in [5.74, 6) is 0.756. The minimum absolute atomic E-state index is 0.0485. The minimum Gasteiger partial charge on any atom is -0.313 e. The zero-order valence-corrected chi connectivity index (χ0v) is 15.4. The van der Waals surface area contributed by atoms with E-state index in [0.717, 1.165) is 28.1 Å². The molecule has 0 saturated heterocycles. The highest BCUT2D eigenvalue weighted by Crippen LogP contribution is 2.26. The number of nitrogens with one attached hydrogen (secondary N) is 1. The Morgan fingerprint density at radius 3 is 2.77 bits per heavy atom. The number of aromatic nitrogens is 6. The first-order chi connectivity index (χ1) is 12.7. The van der Waals surface area contributed by atoms with Crippen LogP contribution in [0.4, 0.5) is 10.9 Å². The van der Waals surface area contributed by atoms with Crippen LogP contribution in [-0.2, 0) is 6.54 Å². The Morgan fingerprint density at radius 1 is 1.15 bits per heavy atom. The van der Waals surface area contributed by atoms with Gasteiger partial charge in [0.05, 0.1) is 12.7 Å². The molecule has 1 N–H and O–H groups in total. The van der Waals surface area contributed by atoms with E-state index in [-0.39, 0.29) is 6.04 Å². The summed E-state index contributed by atoms with van der Waals surface area (Å²) in [7, 11) is 0. The molecule has 132 valence electrons. The van der Waals surface area contributed by atoms with Crippen LogP contribution in [0.1, 0.15) is 29.1 Å². The fraction of sp³-hybridized carbons (Fsp3) is 0.222. The SMILES string of the molecule is Cc1cnn(C(C)c2nnc(Nc3ccn(Cc4ccccc4)n3)s2)c1. The monoisotopic (exact) mass is 365 g/mol. The molecule has 4 aromatic rings. The molecule has 26 heavy (non-hydrogen) atoms. The van der Waals surface area contributed by atoms with E-state index in [9.17, 15) is 0 Å². The molecule has 3 aromatic heterocycles. The van der Waals surface area contributed by atoms with E-state index >= 15 is 0 Å². The molecule has 0 bridgehead atoms. The molecule has 1 aromatic carbocycles. The molecule has 0 radical (unpaired) electrons. The molecular weight excluding hydrogens is 346 g/mol. The Morgan fingerprint density at radius 2 is 2.00 bits per heavy atom. The standard InChI is InChI=1S/C18H19N7S/c1-13-10-19-25(11-13)14(2)17-21-22-18(26-17)20-16-8-9-24(23-16)12-15-6-4-3-5-7-15/h3-11,14H,12H2,1-2H3,(H,20,22,23). The average Bonchev–Trinajstić information content (AvgIpc) is 3.38. The molecule has 1 atom stereocenters. The lowest BCUT2D eigenvalue weighted by atomic mass is 10.2. The van der Waals surface area contributed by atoms with E-state index in [0.29, 0.717) is 0 Å². The lowest BCUT2D eigenvalue weighted by molar-refractivity contribution is 0.557. The molecule has 0 aliphatic carbocycles. The number of nitrogens with zero attached hydrogens (tertiary/aromatic N) is 6. The van der Waals surface area contributed by atoms with E-state index in [1.54, 1.807) is 0 Å². The molecule has 0 aliphatic heterocycles. The Bertz CT molecular complexity index is 986. The van der Waals surface area contributed by atoms with Gasteiger partial charge in [-0.25, -0.2) is 0 Å². The van der Waals surface area contributed by atoms with Gasteiger partial charge in [0.1, 0.15) is 11.0 Å². The summed E-state index contributed by atoms with van der Waals surface area (Å²) in [6.07, 6.45) is 5.80. The van der Waals surface area contributed by atoms with Crippen LogP contribution in [0.5, 0.6) is 0 Å². The highest BCUT2D eigenvalue weighted by Gasteiger charge is 2.15. The van der Waals surface area contributed by atoms with Gasteiger partial charge in [0.25, 0.3) is 0 Å². The second-order valence-electron chi connectivity index (χ2n) is 6.13. The van der Waals surface area contributed by atoms with E-state index < -0.39 is 0 Å². The zero-order valence-electron chi connectivity index (χ0n) is 14.6. The highest BCUT2D eigenvalue weighted by molar-refractivity contribution is 7.15. The Balaban J connectivity index is 1.43. The Kier molecular flexibility index (Phi) is 4.49. The summed E-state index contributed by atoms with van der Waals surface area (Å²) in [5.41, 5.74) is 2.34. The number of aryl methyl sites for hydroxylation is 1. The predicted octanol–water partition coefficient (Wildman–Crippen LogP) is 3.64. The van der Waals surface area contributed by atoms with Crippen LogP contribution >= 0.6 is 11.3 Å². The third-order valence-corrected chi connectivity index (χ3v) is 5.00. The van der Waals surface area contributed by atoms with Crippen LogP contribution in [0.2, 0.25) is 0 Å². The van der Waals surface area contributed by atoms with Gasteiger partial charge in [-0.2, -0.15) is 10.2 Å². The third-order valence-electron chi connectivity index (χ3n) is 3.99. The van der Waals surface area contributed by atoms with Crippen molar-refractivity contribution in [1.82, 2.24) is 29.8 Å². The second-order valence-corrected chi connectivity index (χ2v) is 7.14. The molecular formula is C18H19N7S. The molecule has 4 rings (SSSR count). The van der Waals surface area contributed by atoms with Crippen LogP contribution in [0.3, 0.4) is 0 Å². The van der Waals surface area contributed by atoms with Gasteiger partial charge in [0, 0.05) is 18.5 Å². The van der Waals surface area contributed by atoms with Crippen LogP contribution in [-0.4, -0.2) is 29.8 Å². The number of hydrogen-bond donors (Lipinski definition) is 1. The molecule has 3 heterocycles. The van der Waals surface area contributed by atoms with Crippen LogP contribution in [0.25, 0.3) is 0 Å². The molecule has 7 nitrogen and oxygen atoms in total. The van der Waals surface area contributed by atoms with Gasteiger partial charge < -0.3 is 5.32 Å². The Labute approximate surface area is 155 Å². The molecule has 8 heteroatoms. The van der Waals surface area contributed by atoms with Crippen molar-refractivity contribution in [2.24, 2.45) is 0 Å². The van der Waals surface area contributed by atoms with Crippen molar-refractivity contribution in [3.05, 3.63) is 71.1 Å². The topological polar surface area (TPSA) is 73.5 Å². The maximum Gasteiger partial charge on any atom is 0.211 e. The third kappa shape index (κ3) is 3.65. The number of hydrogen-bond acceptors (Lipinski definition) is 6. The number of rotatable bonds is 6. The summed E-state index contributed by atoms with van der Waals surface area (Å²) in [6.45, 7) is 4.82. The maximum absolute atomic E-state index is 4.54. The second kappa shape index (κ2) is 7.09. The van der Waals surface area contributed by atoms with E-state index in [1.165, 1.54) is 16.9 Å². The summed E-state index contributed by atoms with van der Waals surface area (Å²) in [4.78, 5) is 0. The van der Waals surface area contributed by atoms with Crippen molar-refractivity contribution in [2.75, 3.05) is 5.32 Å². The van der Waals surface area contributed by atoms with Crippen LogP contribution in [0.15, 0.2) is 55.0 Å². The summed E-state index contributed by atoms with van der Waals surface area (Å²) < 4.78 is 3.79. The number of anilines is 2. The van der Waals surface area contributed by atoms with Gasteiger partial charge in [-0.15, -0.1) is 10.2 Å². The summed E-state index contributed by atoms with van der Waals surface area (Å²) in [5, 5.41) is 22.2. The predicted molar refractivity (Wildman–Crippen MR) is 102 cm³/mol. The van der Waals surface area contributed by atoms with E-state index in [4.69, 9.17) is 0 Å². The van der Waals surface area contributed by atoms with Crippen molar-refractivity contribution in [2.45, 2.75) is 26.4 Å². The minimum atomic E-state index is 0.0485. The average molecular weight is 365 g/mol. The maximum atomic E-state index is 4.54. The molecule has 0 saturated carbocycles. The molecule has 0 amide bonds. The van der Waals surface area contributed by atoms with E-state index in [1.807, 2.05) is 59.1 Å². The largest absolute Gasteiger partial charge is 0.313 e. The van der Waals surface area contributed by atoms with Gasteiger partial charge >= 0.3 is 0 Å². The van der Waals surface area contributed by atoms with Gasteiger partial charge in [-0.3, -0.25) is 9.36 Å². The number of benzene rings is 1. The van der Waals surface area contributed by atoms with Crippen LogP contribution < -0.4 is 5.32 Å². The fourth-order valence-electron chi connectivity index (χ4n) is 2.61. The first-order valence-corrected chi connectivity index (χ1v) is 9.17. The lowest BCUT2D eigenvalue weighted by Gasteiger charge is -2.07. The smallest absolute Gasteiger partial charge is 0.211 e. The van der Waals surface area contributed by atoms with Gasteiger partial charge in [-0.1, -0.05) is 41.7 Å². The Hall–Kier alpha value is -3.00. The van der Waals surface area contributed by atoms with E-state index in [2.05, 4.69) is 44.8 Å². The highest BCUT2D eigenvalue weighted by atomic mass is 32.1. The van der Waals surface area contributed by atoms with Crippen molar-refractivity contribution in [3.63, 3.8) is 0 Å². The van der Waals surface area contributed by atoms with Crippen molar-refractivity contribution in [1.29, 1.82) is 0 Å². The normalized spacial score (nSPS) is 12.2. The molecule has 0 spiro atoms. The fourth-order valence-corrected chi connectivity index (χ4v) is 3.40. The van der Waals surface area contributed by atoms with Gasteiger partial charge in [-0.05, 0) is 25.0 Å². The molecule has 1 unspecified atom stereocenters. The lowest BCUT2D eigenvalue weighted by Crippen LogP contribution is -2.06. The quantitative estimate of drug-likeness (QED) is 0.565.